The van der Waals surface area contributed by atoms with E-state index >= 15 is 0 Å². The Hall–Kier alpha value is -2.51. The lowest BCUT2D eigenvalue weighted by atomic mass is 9.86. The monoisotopic (exact) mass is 477 g/mol. The second-order valence-corrected chi connectivity index (χ2v) is 11.6. The number of carbonyl (C=O) groups is 1. The maximum atomic E-state index is 13.2. The first-order valence-electron chi connectivity index (χ1n) is 12.4. The van der Waals surface area contributed by atoms with Gasteiger partial charge in [-0.1, -0.05) is 39.8 Å². The summed E-state index contributed by atoms with van der Waals surface area (Å²) < 4.78 is 0. The van der Waals surface area contributed by atoms with Crippen LogP contribution in [-0.4, -0.2) is 64.9 Å². The quantitative estimate of drug-likeness (QED) is 0.550. The molecule has 0 unspecified atom stereocenters. The number of aromatic nitrogens is 2. The van der Waals surface area contributed by atoms with Gasteiger partial charge in [0.25, 0.3) is 5.91 Å². The van der Waals surface area contributed by atoms with E-state index in [1.807, 2.05) is 35.3 Å². The molecule has 0 radical (unpaired) electrons. The Labute approximate surface area is 206 Å². The van der Waals surface area contributed by atoms with Gasteiger partial charge in [0, 0.05) is 49.7 Å². The van der Waals surface area contributed by atoms with Gasteiger partial charge in [-0.3, -0.25) is 9.69 Å². The van der Waals surface area contributed by atoms with Crippen LogP contribution < -0.4 is 4.90 Å². The second-order valence-electron chi connectivity index (χ2n) is 10.5. The molecule has 0 N–H and O–H groups in total. The van der Waals surface area contributed by atoms with Crippen molar-refractivity contribution in [3.8, 4) is 0 Å². The lowest BCUT2D eigenvalue weighted by Gasteiger charge is -2.36. The summed E-state index contributed by atoms with van der Waals surface area (Å²) in [5, 5.41) is 1.25. The number of carbonyl (C=O) groups excluding carboxylic acids is 1. The van der Waals surface area contributed by atoms with Crippen LogP contribution in [0.25, 0.3) is 10.2 Å². The normalized spacial score (nSPS) is 17.3. The van der Waals surface area contributed by atoms with Gasteiger partial charge in [-0.05, 0) is 48.6 Å². The van der Waals surface area contributed by atoms with E-state index in [9.17, 15) is 4.79 Å². The third-order valence-electron chi connectivity index (χ3n) is 7.18. The third-order valence-corrected chi connectivity index (χ3v) is 8.29. The Kier molecular flexibility index (Phi) is 6.10. The molecule has 180 valence electrons. The molecular formula is C27H35N5OS. The van der Waals surface area contributed by atoms with E-state index in [4.69, 9.17) is 9.97 Å². The van der Waals surface area contributed by atoms with Gasteiger partial charge in [0.15, 0.2) is 0 Å². The third kappa shape index (κ3) is 4.31. The van der Waals surface area contributed by atoms with Crippen LogP contribution in [0.5, 0.6) is 0 Å². The average molecular weight is 478 g/mol. The lowest BCUT2D eigenvalue weighted by molar-refractivity contribution is 0.0746. The van der Waals surface area contributed by atoms with Crippen LogP contribution in [0.4, 0.5) is 5.82 Å². The summed E-state index contributed by atoms with van der Waals surface area (Å²) in [5.41, 5.74) is 3.55. The highest BCUT2D eigenvalue weighted by molar-refractivity contribution is 7.19. The Morgan fingerprint density at radius 3 is 2.38 bits per heavy atom. The number of thiophene rings is 1. The van der Waals surface area contributed by atoms with Crippen molar-refractivity contribution < 1.29 is 4.79 Å². The van der Waals surface area contributed by atoms with Crippen molar-refractivity contribution in [2.75, 3.05) is 44.2 Å². The summed E-state index contributed by atoms with van der Waals surface area (Å²) in [6, 6.07) is 8.13. The molecule has 2 aliphatic heterocycles. The minimum absolute atomic E-state index is 0.0872. The molecule has 0 saturated carbocycles. The van der Waals surface area contributed by atoms with E-state index in [1.165, 1.54) is 21.4 Å². The van der Waals surface area contributed by atoms with Crippen molar-refractivity contribution in [3.05, 3.63) is 51.7 Å². The first-order chi connectivity index (χ1) is 16.2. The molecule has 1 aromatic carbocycles. The van der Waals surface area contributed by atoms with E-state index in [0.717, 1.165) is 61.2 Å². The molecule has 1 amide bonds. The predicted octanol–water partition coefficient (Wildman–Crippen LogP) is 4.64. The van der Waals surface area contributed by atoms with E-state index in [2.05, 4.69) is 49.6 Å². The molecule has 34 heavy (non-hydrogen) atoms. The number of nitrogens with zero attached hydrogens (tertiary/aromatic N) is 5. The number of likely N-dealkylation sites (N-methyl/N-ethyl adjacent to an activating group) is 1. The molecule has 0 atom stereocenters. The fraction of sp³-hybridized carbons (Fsp3) is 0.519. The maximum absolute atomic E-state index is 13.2. The van der Waals surface area contributed by atoms with Gasteiger partial charge in [0.1, 0.15) is 16.5 Å². The molecule has 5 rings (SSSR count). The average Bonchev–Trinajstić information content (AvgIpc) is 3.19. The fourth-order valence-corrected chi connectivity index (χ4v) is 6.35. The van der Waals surface area contributed by atoms with Crippen molar-refractivity contribution in [2.45, 2.75) is 53.0 Å². The van der Waals surface area contributed by atoms with Gasteiger partial charge in [-0.15, -0.1) is 11.3 Å². The highest BCUT2D eigenvalue weighted by Gasteiger charge is 2.28. The van der Waals surface area contributed by atoms with E-state index in [0.29, 0.717) is 13.1 Å². The topological polar surface area (TPSA) is 52.6 Å². The molecule has 2 aromatic heterocycles. The number of benzene rings is 1. The minimum Gasteiger partial charge on any atom is -0.352 e. The van der Waals surface area contributed by atoms with Crippen molar-refractivity contribution in [3.63, 3.8) is 0 Å². The molecule has 1 saturated heterocycles. The summed E-state index contributed by atoms with van der Waals surface area (Å²) in [6.45, 7) is 17.0. The standard InChI is InChI=1S/C27H35N5OS/c1-6-30-12-11-21-22(17-30)34-25-23(21)24(28-18(2)29-25)31-13-15-32(16-14-31)26(33)19-7-9-20(10-8-19)27(3,4)5/h7-10H,6,11-17H2,1-5H3. The van der Waals surface area contributed by atoms with E-state index in [1.54, 1.807) is 0 Å². The molecule has 3 aromatic rings. The van der Waals surface area contributed by atoms with Crippen LogP contribution in [0.3, 0.4) is 0 Å². The van der Waals surface area contributed by atoms with Crippen molar-refractivity contribution in [1.82, 2.24) is 19.8 Å². The van der Waals surface area contributed by atoms with Gasteiger partial charge in [0.05, 0.1) is 5.39 Å². The fourth-order valence-electron chi connectivity index (χ4n) is 5.05. The molecular weight excluding hydrogens is 442 g/mol. The van der Waals surface area contributed by atoms with E-state index < -0.39 is 0 Å². The molecule has 6 nitrogen and oxygen atoms in total. The molecule has 4 heterocycles. The Balaban J connectivity index is 1.34. The van der Waals surface area contributed by atoms with Gasteiger partial charge in [-0.2, -0.15) is 0 Å². The summed E-state index contributed by atoms with van der Waals surface area (Å²) >= 11 is 1.83. The minimum atomic E-state index is 0.0872. The Morgan fingerprint density at radius 1 is 1.03 bits per heavy atom. The van der Waals surface area contributed by atoms with Gasteiger partial charge in [0.2, 0.25) is 0 Å². The Morgan fingerprint density at radius 2 is 1.74 bits per heavy atom. The first-order valence-corrected chi connectivity index (χ1v) is 13.2. The highest BCUT2D eigenvalue weighted by atomic mass is 32.1. The van der Waals surface area contributed by atoms with Crippen molar-refractivity contribution in [1.29, 1.82) is 0 Å². The first kappa shape index (κ1) is 23.2. The number of hydrogen-bond acceptors (Lipinski definition) is 6. The molecule has 0 aliphatic carbocycles. The van der Waals surface area contributed by atoms with E-state index in [-0.39, 0.29) is 11.3 Å². The number of fused-ring (bicyclic) bond motifs is 3. The number of rotatable bonds is 3. The predicted molar refractivity (Wildman–Crippen MR) is 140 cm³/mol. The number of amides is 1. The van der Waals surface area contributed by atoms with Crippen LogP contribution in [0.15, 0.2) is 24.3 Å². The summed E-state index contributed by atoms with van der Waals surface area (Å²) in [6.07, 6.45) is 1.06. The van der Waals surface area contributed by atoms with Crippen molar-refractivity contribution >= 4 is 33.3 Å². The largest absolute Gasteiger partial charge is 0.352 e. The van der Waals surface area contributed by atoms with Gasteiger partial charge >= 0.3 is 0 Å². The summed E-state index contributed by atoms with van der Waals surface area (Å²) in [5.74, 6) is 2.01. The van der Waals surface area contributed by atoms with Gasteiger partial charge < -0.3 is 9.80 Å². The SMILES string of the molecule is CCN1CCc2c(sc3nc(C)nc(N4CCN(C(=O)c5ccc(C(C)(C)C)cc5)CC4)c23)C1. The molecule has 0 bridgehead atoms. The second kappa shape index (κ2) is 8.93. The zero-order valence-corrected chi connectivity index (χ0v) is 21.8. The smallest absolute Gasteiger partial charge is 0.253 e. The number of anilines is 1. The molecule has 2 aliphatic rings. The zero-order chi connectivity index (χ0) is 24.0. The molecule has 0 spiro atoms. The van der Waals surface area contributed by atoms with Crippen LogP contribution in [0, 0.1) is 6.92 Å². The highest BCUT2D eigenvalue weighted by Crippen LogP contribution is 2.39. The van der Waals surface area contributed by atoms with Crippen LogP contribution >= 0.6 is 11.3 Å². The number of hydrogen-bond donors (Lipinski definition) is 0. The van der Waals surface area contributed by atoms with Crippen LogP contribution in [-0.2, 0) is 18.4 Å². The van der Waals surface area contributed by atoms with Crippen molar-refractivity contribution in [2.24, 2.45) is 0 Å². The number of piperazine rings is 1. The summed E-state index contributed by atoms with van der Waals surface area (Å²) in [4.78, 5) is 32.3. The lowest BCUT2D eigenvalue weighted by Crippen LogP contribution is -2.49. The Bertz CT molecular complexity index is 1200. The zero-order valence-electron chi connectivity index (χ0n) is 21.0. The van der Waals surface area contributed by atoms with Crippen LogP contribution in [0.2, 0.25) is 0 Å². The van der Waals surface area contributed by atoms with Gasteiger partial charge in [-0.25, -0.2) is 9.97 Å². The number of aryl methyl sites for hydroxylation is 1. The van der Waals surface area contributed by atoms with Crippen LogP contribution in [0.1, 0.15) is 59.9 Å². The molecule has 7 heteroatoms. The molecule has 1 fully saturated rings. The summed E-state index contributed by atoms with van der Waals surface area (Å²) in [7, 11) is 0. The maximum Gasteiger partial charge on any atom is 0.253 e.